The summed E-state index contributed by atoms with van der Waals surface area (Å²) in [6.45, 7) is 0.0288. The summed E-state index contributed by atoms with van der Waals surface area (Å²) in [6, 6.07) is 8.10. The average Bonchev–Trinajstić information content (AvgIpc) is 3.30. The van der Waals surface area contributed by atoms with Crippen molar-refractivity contribution in [2.45, 2.75) is 31.0 Å². The molecule has 1 atom stereocenters. The van der Waals surface area contributed by atoms with E-state index in [0.29, 0.717) is 17.0 Å². The molecule has 2 heterocycles. The Labute approximate surface area is 200 Å². The van der Waals surface area contributed by atoms with Crippen molar-refractivity contribution in [2.75, 3.05) is 13.7 Å². The number of carbonyl (C=O) groups excluding carboxylic acids is 3. The fourth-order valence-corrected chi connectivity index (χ4v) is 3.92. The molecule has 2 aromatic rings. The van der Waals surface area contributed by atoms with E-state index in [1.54, 1.807) is 36.8 Å². The van der Waals surface area contributed by atoms with Gasteiger partial charge in [-0.1, -0.05) is 12.1 Å². The molecule has 1 amide bonds. The monoisotopic (exact) mass is 551 g/mol. The van der Waals surface area contributed by atoms with Crippen LogP contribution in [0.4, 0.5) is 39.5 Å². The van der Waals surface area contributed by atoms with E-state index in [9.17, 15) is 53.9 Å². The maximum atomic E-state index is 12.9. The van der Waals surface area contributed by atoms with Crippen LogP contribution in [-0.2, 0) is 25.5 Å². The van der Waals surface area contributed by atoms with Gasteiger partial charge in [-0.2, -0.15) is 39.5 Å². The zero-order chi connectivity index (χ0) is 27.5. The minimum Gasteiger partial charge on any atom is -0.497 e. The molecular formula is C20H14F9NO5S. The highest BCUT2D eigenvalue weighted by atomic mass is 32.1. The van der Waals surface area contributed by atoms with Gasteiger partial charge in [0.25, 0.3) is 0 Å². The Morgan fingerprint density at radius 3 is 1.94 bits per heavy atom. The fraction of sp³-hybridized carbons (Fsp3) is 0.350. The number of alkyl halides is 9. The first-order chi connectivity index (χ1) is 16.5. The normalized spacial score (nSPS) is 15.8. The molecule has 1 unspecified atom stereocenters. The third kappa shape index (κ3) is 7.11. The molecule has 0 radical (unpaired) electrons. The topological polar surface area (TPSA) is 72.9 Å². The Kier molecular flexibility index (Phi) is 8.65. The molecular weight excluding hydrogens is 537 g/mol. The maximum Gasteiger partial charge on any atom is 0.491 e. The van der Waals surface area contributed by atoms with Crippen LogP contribution in [-0.4, -0.2) is 54.9 Å². The number of methoxy groups -OCH3 is 1. The molecule has 36 heavy (non-hydrogen) atoms. The van der Waals surface area contributed by atoms with Crippen molar-refractivity contribution in [3.8, 4) is 5.75 Å². The van der Waals surface area contributed by atoms with E-state index in [2.05, 4.69) is 4.74 Å². The van der Waals surface area contributed by atoms with Crippen LogP contribution in [0.3, 0.4) is 0 Å². The van der Waals surface area contributed by atoms with Crippen LogP contribution < -0.4 is 4.74 Å². The van der Waals surface area contributed by atoms with Crippen LogP contribution in [0.15, 0.2) is 35.7 Å². The van der Waals surface area contributed by atoms with Gasteiger partial charge in [0, 0.05) is 11.4 Å². The molecule has 3 rings (SSSR count). The highest BCUT2D eigenvalue weighted by Gasteiger charge is 2.49. The zero-order valence-electron chi connectivity index (χ0n) is 17.8. The molecule has 0 saturated heterocycles. The van der Waals surface area contributed by atoms with Gasteiger partial charge in [-0.05, 0) is 41.1 Å². The Hall–Kier alpha value is -3.30. The summed E-state index contributed by atoms with van der Waals surface area (Å²) in [5.74, 6) is -7.54. The summed E-state index contributed by atoms with van der Waals surface area (Å²) < 4.78 is 114. The molecule has 198 valence electrons. The van der Waals surface area contributed by atoms with Crippen molar-refractivity contribution in [3.63, 3.8) is 0 Å². The van der Waals surface area contributed by atoms with E-state index in [-0.39, 0.29) is 6.54 Å². The summed E-state index contributed by atoms with van der Waals surface area (Å²) >= 11 is 1.34. The quantitative estimate of drug-likeness (QED) is 0.300. The van der Waals surface area contributed by atoms with Crippen LogP contribution in [0.5, 0.6) is 5.75 Å². The number of ether oxygens (including phenoxy) is 2. The number of rotatable bonds is 2. The lowest BCUT2D eigenvalue weighted by atomic mass is 9.91. The van der Waals surface area contributed by atoms with E-state index in [4.69, 9.17) is 4.74 Å². The van der Waals surface area contributed by atoms with Gasteiger partial charge in [0.15, 0.2) is 0 Å². The van der Waals surface area contributed by atoms with Crippen molar-refractivity contribution in [1.29, 1.82) is 0 Å². The Morgan fingerprint density at radius 1 is 0.917 bits per heavy atom. The first kappa shape index (κ1) is 28.9. The number of benzene rings is 1. The lowest BCUT2D eigenvalue weighted by Gasteiger charge is -2.37. The number of hydrogen-bond acceptors (Lipinski definition) is 6. The Bertz CT molecular complexity index is 1070. The third-order valence-corrected chi connectivity index (χ3v) is 5.47. The molecule has 6 nitrogen and oxygen atoms in total. The summed E-state index contributed by atoms with van der Waals surface area (Å²) in [5, 5.41) is 1.80. The molecule has 0 fully saturated rings. The van der Waals surface area contributed by atoms with Crippen molar-refractivity contribution in [3.05, 3.63) is 51.7 Å². The molecule has 1 aromatic carbocycles. The molecule has 0 N–H and O–H groups in total. The third-order valence-electron chi connectivity index (χ3n) is 4.54. The number of amides is 1. The molecule has 0 aliphatic carbocycles. The maximum absolute atomic E-state index is 12.9. The van der Waals surface area contributed by atoms with E-state index >= 15 is 0 Å². The SMILES string of the molecule is COc1ccc2c(c1)CCN(C(=O)C(F)(F)F)C2c1cccs1.O=C(OC(=O)C(F)(F)F)C(F)(F)F. The predicted octanol–water partition coefficient (Wildman–Crippen LogP) is 4.97. The highest BCUT2D eigenvalue weighted by molar-refractivity contribution is 7.10. The minimum absolute atomic E-state index is 0.0288. The van der Waals surface area contributed by atoms with E-state index in [1.165, 1.54) is 11.3 Å². The molecule has 0 spiro atoms. The first-order valence-corrected chi connectivity index (χ1v) is 10.3. The van der Waals surface area contributed by atoms with Gasteiger partial charge in [0.2, 0.25) is 0 Å². The average molecular weight is 551 g/mol. The van der Waals surface area contributed by atoms with Crippen LogP contribution >= 0.6 is 11.3 Å². The van der Waals surface area contributed by atoms with Crippen molar-refractivity contribution < 1.29 is 63.4 Å². The number of fused-ring (bicyclic) bond motifs is 1. The van der Waals surface area contributed by atoms with Crippen LogP contribution in [0.25, 0.3) is 0 Å². The summed E-state index contributed by atoms with van der Waals surface area (Å²) in [6.07, 6.45) is -15.8. The second kappa shape index (κ2) is 10.8. The van der Waals surface area contributed by atoms with Gasteiger partial charge in [0.1, 0.15) is 5.75 Å². The molecule has 1 aliphatic rings. The second-order valence-corrected chi connectivity index (χ2v) is 7.88. The van der Waals surface area contributed by atoms with Crippen LogP contribution in [0.1, 0.15) is 22.0 Å². The molecule has 1 aromatic heterocycles. The zero-order valence-corrected chi connectivity index (χ0v) is 18.6. The number of hydrogen-bond donors (Lipinski definition) is 0. The summed E-state index contributed by atoms with van der Waals surface area (Å²) in [7, 11) is 1.54. The van der Waals surface area contributed by atoms with Gasteiger partial charge in [-0.15, -0.1) is 11.3 Å². The number of esters is 2. The van der Waals surface area contributed by atoms with E-state index in [1.807, 2.05) is 6.07 Å². The van der Waals surface area contributed by atoms with Gasteiger partial charge >= 0.3 is 36.4 Å². The van der Waals surface area contributed by atoms with Gasteiger partial charge in [-0.3, -0.25) is 4.79 Å². The van der Waals surface area contributed by atoms with Crippen LogP contribution in [0, 0.1) is 0 Å². The number of nitrogens with zero attached hydrogens (tertiary/aromatic N) is 1. The summed E-state index contributed by atoms with van der Waals surface area (Å²) in [5.41, 5.74) is 1.63. The smallest absolute Gasteiger partial charge is 0.491 e. The van der Waals surface area contributed by atoms with Gasteiger partial charge in [0.05, 0.1) is 13.2 Å². The number of carbonyl (C=O) groups is 3. The number of thiophene rings is 1. The molecule has 16 heteroatoms. The molecule has 1 aliphatic heterocycles. The standard InChI is InChI=1S/C16H14F3NO2S.C4F6O3/c1-22-11-4-5-12-10(9-11)6-7-20(15(21)16(17,18)19)14(12)13-3-2-8-23-13;5-3(6,7)1(11)13-2(12)4(8,9)10/h2-5,8-9,14H,6-7H2,1H3;. The Morgan fingerprint density at radius 2 is 1.50 bits per heavy atom. The minimum atomic E-state index is -5.62. The molecule has 0 saturated carbocycles. The Balaban J connectivity index is 0.000000302. The van der Waals surface area contributed by atoms with E-state index in [0.717, 1.165) is 16.0 Å². The van der Waals surface area contributed by atoms with Gasteiger partial charge < -0.3 is 14.4 Å². The summed E-state index contributed by atoms with van der Waals surface area (Å²) in [4.78, 5) is 32.8. The van der Waals surface area contributed by atoms with Crippen LogP contribution in [0.2, 0.25) is 0 Å². The molecule has 0 bridgehead atoms. The lowest BCUT2D eigenvalue weighted by Crippen LogP contribution is -2.46. The largest absolute Gasteiger partial charge is 0.497 e. The first-order valence-electron chi connectivity index (χ1n) is 9.45. The number of halogens is 9. The predicted molar refractivity (Wildman–Crippen MR) is 104 cm³/mol. The highest BCUT2D eigenvalue weighted by Crippen LogP contribution is 2.40. The van der Waals surface area contributed by atoms with Crippen molar-refractivity contribution in [2.24, 2.45) is 0 Å². The van der Waals surface area contributed by atoms with Crippen molar-refractivity contribution >= 4 is 29.2 Å². The van der Waals surface area contributed by atoms with Gasteiger partial charge in [-0.25, -0.2) is 9.59 Å². The second-order valence-electron chi connectivity index (χ2n) is 6.90. The van der Waals surface area contributed by atoms with Crippen molar-refractivity contribution in [1.82, 2.24) is 4.90 Å². The van der Waals surface area contributed by atoms with E-state index < -0.39 is 42.4 Å². The lowest BCUT2D eigenvalue weighted by molar-refractivity contribution is -0.221. The fourth-order valence-electron chi connectivity index (χ4n) is 3.07.